The largest absolute Gasteiger partial charge is 0.357 e. The van der Waals surface area contributed by atoms with Crippen molar-refractivity contribution in [3.8, 4) is 5.88 Å². The molecule has 3 rings (SSSR count). The molecule has 0 aliphatic carbocycles. The van der Waals surface area contributed by atoms with E-state index in [2.05, 4.69) is 28.8 Å². The van der Waals surface area contributed by atoms with Crippen molar-refractivity contribution in [3.63, 3.8) is 0 Å². The highest BCUT2D eigenvalue weighted by Gasteiger charge is 2.30. The van der Waals surface area contributed by atoms with Crippen molar-refractivity contribution < 1.29 is 12.6 Å². The second-order valence-electron chi connectivity index (χ2n) is 8.63. The van der Waals surface area contributed by atoms with Gasteiger partial charge in [-0.25, -0.2) is 9.97 Å². The predicted molar refractivity (Wildman–Crippen MR) is 124 cm³/mol. The van der Waals surface area contributed by atoms with E-state index in [4.69, 9.17) is 15.8 Å². The molecule has 31 heavy (non-hydrogen) atoms. The molecule has 0 radical (unpaired) electrons. The lowest BCUT2D eigenvalue weighted by Gasteiger charge is -2.22. The second-order valence-corrected chi connectivity index (χ2v) is 10.5. The summed E-state index contributed by atoms with van der Waals surface area (Å²) < 4.78 is 32.9. The lowest BCUT2D eigenvalue weighted by Crippen LogP contribution is -2.18. The van der Waals surface area contributed by atoms with Crippen molar-refractivity contribution in [2.45, 2.75) is 71.1 Å². The first-order chi connectivity index (χ1) is 14.4. The zero-order valence-corrected chi connectivity index (χ0v) is 20.5. The van der Waals surface area contributed by atoms with Crippen LogP contribution >= 0.6 is 11.6 Å². The summed E-state index contributed by atoms with van der Waals surface area (Å²) in [7, 11) is -4.18. The third-order valence-electron chi connectivity index (χ3n) is 5.14. The van der Waals surface area contributed by atoms with Gasteiger partial charge in [0.1, 0.15) is 15.9 Å². The molecule has 0 N–H and O–H groups in total. The van der Waals surface area contributed by atoms with E-state index in [9.17, 15) is 8.42 Å². The molecule has 0 aliphatic heterocycles. The number of nitrogens with zero attached hydrogens (tertiary/aromatic N) is 3. The van der Waals surface area contributed by atoms with E-state index in [0.717, 1.165) is 16.7 Å². The third kappa shape index (κ3) is 4.83. The number of rotatable bonds is 6. The number of fused-ring (bicyclic) bond motifs is 1. The quantitative estimate of drug-likeness (QED) is 0.324. The van der Waals surface area contributed by atoms with Gasteiger partial charge in [0, 0.05) is 0 Å². The maximum Gasteiger partial charge on any atom is 0.341 e. The molecule has 1 aromatic carbocycles. The van der Waals surface area contributed by atoms with Crippen molar-refractivity contribution >= 4 is 32.6 Å². The molecule has 166 valence electrons. The number of aryl methyl sites for hydroxylation is 1. The molecule has 0 amide bonds. The molecule has 8 heteroatoms. The number of pyridine rings is 1. The van der Waals surface area contributed by atoms with Crippen molar-refractivity contribution in [2.24, 2.45) is 0 Å². The first kappa shape index (κ1) is 23.4. The molecule has 3 aromatic rings. The molecule has 6 nitrogen and oxygen atoms in total. The van der Waals surface area contributed by atoms with Crippen molar-refractivity contribution in [2.75, 3.05) is 0 Å². The Hall–Kier alpha value is -2.25. The van der Waals surface area contributed by atoms with Gasteiger partial charge in [-0.15, -0.1) is 0 Å². The van der Waals surface area contributed by atoms with Gasteiger partial charge >= 0.3 is 10.1 Å². The summed E-state index contributed by atoms with van der Waals surface area (Å²) in [5.74, 6) is 0.587. The Morgan fingerprint density at radius 3 is 2.00 bits per heavy atom. The van der Waals surface area contributed by atoms with Crippen LogP contribution in [0.3, 0.4) is 0 Å². The summed E-state index contributed by atoms with van der Waals surface area (Å²) in [6.07, 6.45) is 1.47. The minimum absolute atomic E-state index is 0.00732. The van der Waals surface area contributed by atoms with E-state index in [1.165, 1.54) is 12.3 Å². The first-order valence-electron chi connectivity index (χ1n) is 10.3. The Bertz CT molecular complexity index is 1210. The van der Waals surface area contributed by atoms with E-state index in [1.807, 2.05) is 39.8 Å². The molecule has 0 unspecified atom stereocenters. The lowest BCUT2D eigenvalue weighted by atomic mass is 9.89. The summed E-state index contributed by atoms with van der Waals surface area (Å²) in [4.78, 5) is 12.8. The van der Waals surface area contributed by atoms with Gasteiger partial charge in [-0.05, 0) is 47.4 Å². The van der Waals surface area contributed by atoms with Gasteiger partial charge in [-0.3, -0.25) is 0 Å². The third-order valence-corrected chi connectivity index (χ3v) is 6.70. The van der Waals surface area contributed by atoms with Crippen LogP contribution in [0.2, 0.25) is 5.15 Å². The van der Waals surface area contributed by atoms with Gasteiger partial charge in [0.25, 0.3) is 0 Å². The molecule has 0 spiro atoms. The van der Waals surface area contributed by atoms with Crippen molar-refractivity contribution in [1.82, 2.24) is 15.0 Å². The molecule has 0 fully saturated rings. The molecule has 0 saturated carbocycles. The van der Waals surface area contributed by atoms with E-state index in [1.54, 1.807) is 6.92 Å². The Morgan fingerprint density at radius 2 is 1.48 bits per heavy atom. The molecule has 0 aliphatic rings. The number of aromatic nitrogens is 3. The predicted octanol–water partition coefficient (Wildman–Crippen LogP) is 6.12. The monoisotopic (exact) mass is 461 g/mol. The normalized spacial score (nSPS) is 12.4. The summed E-state index contributed by atoms with van der Waals surface area (Å²) >= 11 is 6.03. The fourth-order valence-electron chi connectivity index (χ4n) is 3.48. The van der Waals surface area contributed by atoms with Crippen LogP contribution in [-0.2, 0) is 10.1 Å². The SMILES string of the molecule is Cc1nc(OS(=O)(=O)c2c(C(C)C)cc(C(C)C)cc2C(C)C)c2cc(Cl)ncc2n1. The lowest BCUT2D eigenvalue weighted by molar-refractivity contribution is 0.474. The maximum atomic E-state index is 13.6. The molecular formula is C23H28ClN3O3S. The number of hydrogen-bond donors (Lipinski definition) is 0. The Kier molecular flexibility index (Phi) is 6.58. The Labute approximate surface area is 189 Å². The van der Waals surface area contributed by atoms with Crippen molar-refractivity contribution in [3.05, 3.63) is 52.1 Å². The summed E-state index contributed by atoms with van der Waals surface area (Å²) in [5, 5.41) is 0.597. The van der Waals surface area contributed by atoms with Crippen LogP contribution < -0.4 is 4.18 Å². The highest BCUT2D eigenvalue weighted by atomic mass is 35.5. The number of halogens is 1. The molecular weight excluding hydrogens is 434 g/mol. The molecule has 2 heterocycles. The second kappa shape index (κ2) is 8.71. The zero-order valence-electron chi connectivity index (χ0n) is 18.9. The molecule has 0 bridgehead atoms. The van der Waals surface area contributed by atoms with Gasteiger partial charge in [0.2, 0.25) is 5.88 Å². The number of benzene rings is 1. The van der Waals surface area contributed by atoms with Gasteiger partial charge in [0.05, 0.1) is 17.1 Å². The minimum Gasteiger partial charge on any atom is -0.357 e. The van der Waals surface area contributed by atoms with E-state index >= 15 is 0 Å². The fraction of sp³-hybridized carbons (Fsp3) is 0.435. The minimum atomic E-state index is -4.18. The van der Waals surface area contributed by atoms with Gasteiger partial charge in [-0.1, -0.05) is 65.3 Å². The smallest absolute Gasteiger partial charge is 0.341 e. The van der Waals surface area contributed by atoms with E-state index in [0.29, 0.717) is 16.7 Å². The van der Waals surface area contributed by atoms with Crippen LogP contribution in [0.1, 0.15) is 81.8 Å². The van der Waals surface area contributed by atoms with Crippen LogP contribution in [-0.4, -0.2) is 23.4 Å². The summed E-state index contributed by atoms with van der Waals surface area (Å²) in [6, 6.07) is 5.46. The topological polar surface area (TPSA) is 82.0 Å². The molecule has 0 atom stereocenters. The van der Waals surface area contributed by atoms with Crippen LogP contribution in [0.15, 0.2) is 29.3 Å². The standard InChI is InChI=1S/C23H28ClN3O3S/c1-12(2)16-8-17(13(3)4)22(18(9-16)14(5)6)31(28,29)30-23-19-10-21(24)25-11-20(19)26-15(7)27-23/h8-14H,1-7H3. The summed E-state index contributed by atoms with van der Waals surface area (Å²) in [5.41, 5.74) is 3.05. The first-order valence-corrected chi connectivity index (χ1v) is 12.1. The number of hydrogen-bond acceptors (Lipinski definition) is 6. The van der Waals surface area contributed by atoms with Gasteiger partial charge < -0.3 is 4.18 Å². The fourth-order valence-corrected chi connectivity index (χ4v) is 5.22. The van der Waals surface area contributed by atoms with Crippen LogP contribution in [0.5, 0.6) is 5.88 Å². The highest BCUT2D eigenvalue weighted by Crippen LogP contribution is 2.37. The maximum absolute atomic E-state index is 13.6. The average molecular weight is 462 g/mol. The zero-order chi connectivity index (χ0) is 23.1. The highest BCUT2D eigenvalue weighted by molar-refractivity contribution is 7.87. The van der Waals surface area contributed by atoms with E-state index < -0.39 is 10.1 Å². The molecule has 2 aromatic heterocycles. The average Bonchev–Trinajstić information content (AvgIpc) is 2.66. The van der Waals surface area contributed by atoms with E-state index in [-0.39, 0.29) is 33.7 Å². The van der Waals surface area contributed by atoms with Crippen LogP contribution in [0.4, 0.5) is 0 Å². The Balaban J connectivity index is 2.26. The van der Waals surface area contributed by atoms with Gasteiger partial charge in [-0.2, -0.15) is 13.4 Å². The molecule has 0 saturated heterocycles. The van der Waals surface area contributed by atoms with Crippen LogP contribution in [0.25, 0.3) is 10.9 Å². The van der Waals surface area contributed by atoms with Gasteiger partial charge in [0.15, 0.2) is 0 Å². The Morgan fingerprint density at radius 1 is 0.903 bits per heavy atom. The summed E-state index contributed by atoms with van der Waals surface area (Å²) in [6.45, 7) is 13.8. The van der Waals surface area contributed by atoms with Crippen LogP contribution in [0, 0.1) is 6.92 Å². The van der Waals surface area contributed by atoms with Crippen molar-refractivity contribution in [1.29, 1.82) is 0 Å².